The number of ketones is 1. The maximum Gasteiger partial charge on any atom is 0.295 e. The van der Waals surface area contributed by atoms with E-state index in [9.17, 15) is 14.7 Å². The number of carbonyl (C=O) groups is 2. The first kappa shape index (κ1) is 22.8. The molecule has 1 aliphatic heterocycles. The number of ether oxygens (including phenoxy) is 1. The maximum atomic E-state index is 13.1. The Labute approximate surface area is 197 Å². The predicted octanol–water partition coefficient (Wildman–Crippen LogP) is 5.59. The minimum absolute atomic E-state index is 0.126. The molecule has 1 aliphatic rings. The quantitative estimate of drug-likeness (QED) is 0.195. The number of rotatable bonds is 9. The van der Waals surface area contributed by atoms with E-state index in [1.54, 1.807) is 23.1 Å². The highest BCUT2D eigenvalue weighted by Gasteiger charge is 2.46. The van der Waals surface area contributed by atoms with Crippen molar-refractivity contribution in [2.24, 2.45) is 0 Å². The molecule has 0 saturated carbocycles. The highest BCUT2D eigenvalue weighted by atomic mass is 32.1. The molecule has 2 heterocycles. The Bertz CT molecular complexity index is 1140. The summed E-state index contributed by atoms with van der Waals surface area (Å²) in [4.78, 5) is 28.6. The van der Waals surface area contributed by atoms with Gasteiger partial charge in [-0.3, -0.25) is 9.59 Å². The third-order valence-electron chi connectivity index (χ3n) is 5.71. The first-order valence-electron chi connectivity index (χ1n) is 11.2. The van der Waals surface area contributed by atoms with Crippen LogP contribution in [0.2, 0.25) is 0 Å². The zero-order valence-corrected chi connectivity index (χ0v) is 19.4. The number of aliphatic hydroxyl groups is 1. The lowest BCUT2D eigenvalue weighted by Gasteiger charge is -2.24. The molecule has 170 valence electrons. The van der Waals surface area contributed by atoms with Gasteiger partial charge in [0.15, 0.2) is 0 Å². The molecule has 6 heteroatoms. The van der Waals surface area contributed by atoms with E-state index in [2.05, 4.69) is 6.92 Å². The SMILES string of the molecule is CCCCOc1cccc(/C(O)=C2\C(=O)C(=O)N(CCc3ccccc3)C2c2cccs2)c1. The number of hydrogen-bond acceptors (Lipinski definition) is 5. The molecule has 0 spiro atoms. The van der Waals surface area contributed by atoms with Crippen LogP contribution in [0.3, 0.4) is 0 Å². The molecule has 0 aliphatic carbocycles. The Balaban J connectivity index is 1.68. The molecule has 4 rings (SSSR count). The summed E-state index contributed by atoms with van der Waals surface area (Å²) >= 11 is 1.47. The van der Waals surface area contributed by atoms with Gasteiger partial charge in [-0.1, -0.05) is 61.9 Å². The van der Waals surface area contributed by atoms with Crippen LogP contribution >= 0.6 is 11.3 Å². The van der Waals surface area contributed by atoms with Crippen molar-refractivity contribution in [3.8, 4) is 5.75 Å². The highest BCUT2D eigenvalue weighted by molar-refractivity contribution is 7.10. The minimum atomic E-state index is -0.656. The predicted molar refractivity (Wildman–Crippen MR) is 130 cm³/mol. The first-order chi connectivity index (χ1) is 16.1. The number of amides is 1. The summed E-state index contributed by atoms with van der Waals surface area (Å²) in [5.41, 5.74) is 1.68. The summed E-state index contributed by atoms with van der Waals surface area (Å²) in [6.07, 6.45) is 2.57. The summed E-state index contributed by atoms with van der Waals surface area (Å²) < 4.78 is 5.76. The van der Waals surface area contributed by atoms with Crippen LogP contribution < -0.4 is 4.74 Å². The molecule has 1 saturated heterocycles. The lowest BCUT2D eigenvalue weighted by Crippen LogP contribution is -2.31. The van der Waals surface area contributed by atoms with E-state index in [-0.39, 0.29) is 11.3 Å². The molecule has 1 amide bonds. The van der Waals surface area contributed by atoms with Crippen LogP contribution in [0.4, 0.5) is 0 Å². The van der Waals surface area contributed by atoms with E-state index in [4.69, 9.17) is 4.74 Å². The van der Waals surface area contributed by atoms with E-state index >= 15 is 0 Å². The fourth-order valence-electron chi connectivity index (χ4n) is 3.97. The second-order valence-electron chi connectivity index (χ2n) is 7.97. The number of Topliss-reactive ketones (excluding diaryl/α,β-unsaturated/α-hetero) is 1. The Morgan fingerprint density at radius 3 is 2.61 bits per heavy atom. The van der Waals surface area contributed by atoms with Crippen LogP contribution in [-0.2, 0) is 16.0 Å². The van der Waals surface area contributed by atoms with Crippen LogP contribution in [0.1, 0.15) is 41.8 Å². The molecule has 1 aromatic heterocycles. The third-order valence-corrected chi connectivity index (χ3v) is 6.64. The average molecular weight is 462 g/mol. The van der Waals surface area contributed by atoms with Gasteiger partial charge in [-0.2, -0.15) is 0 Å². The zero-order valence-electron chi connectivity index (χ0n) is 18.6. The average Bonchev–Trinajstić information content (AvgIpc) is 3.45. The number of nitrogens with zero attached hydrogens (tertiary/aromatic N) is 1. The van der Waals surface area contributed by atoms with Crippen molar-refractivity contribution in [1.82, 2.24) is 4.90 Å². The molecule has 1 N–H and O–H groups in total. The van der Waals surface area contributed by atoms with Crippen molar-refractivity contribution in [2.75, 3.05) is 13.2 Å². The summed E-state index contributed by atoms with van der Waals surface area (Å²) in [5, 5.41) is 13.1. The fourth-order valence-corrected chi connectivity index (χ4v) is 4.82. The lowest BCUT2D eigenvalue weighted by atomic mass is 9.99. The Morgan fingerprint density at radius 1 is 1.06 bits per heavy atom. The van der Waals surface area contributed by atoms with Gasteiger partial charge in [0.25, 0.3) is 11.7 Å². The Morgan fingerprint density at radius 2 is 1.88 bits per heavy atom. The van der Waals surface area contributed by atoms with Crippen molar-refractivity contribution in [3.05, 3.63) is 93.7 Å². The topological polar surface area (TPSA) is 66.8 Å². The van der Waals surface area contributed by atoms with Gasteiger partial charge in [-0.15, -0.1) is 11.3 Å². The molecule has 0 bridgehead atoms. The van der Waals surface area contributed by atoms with Crippen molar-refractivity contribution < 1.29 is 19.4 Å². The van der Waals surface area contributed by atoms with Gasteiger partial charge in [0, 0.05) is 17.0 Å². The normalized spacial score (nSPS) is 17.5. The molecule has 1 atom stereocenters. The number of likely N-dealkylation sites (tertiary alicyclic amines) is 1. The number of thiophene rings is 1. The number of unbranched alkanes of at least 4 members (excludes halogenated alkanes) is 1. The van der Waals surface area contributed by atoms with Crippen LogP contribution in [0.25, 0.3) is 5.76 Å². The molecule has 1 fully saturated rings. The van der Waals surface area contributed by atoms with Crippen molar-refractivity contribution in [2.45, 2.75) is 32.2 Å². The van der Waals surface area contributed by atoms with E-state index < -0.39 is 17.7 Å². The molecular weight excluding hydrogens is 434 g/mol. The minimum Gasteiger partial charge on any atom is -0.507 e. The summed E-state index contributed by atoms with van der Waals surface area (Å²) in [7, 11) is 0. The van der Waals surface area contributed by atoms with Gasteiger partial charge < -0.3 is 14.7 Å². The molecule has 33 heavy (non-hydrogen) atoms. The monoisotopic (exact) mass is 461 g/mol. The Kier molecular flexibility index (Phi) is 7.25. The number of hydrogen-bond donors (Lipinski definition) is 1. The van der Waals surface area contributed by atoms with Gasteiger partial charge in [-0.05, 0) is 42.0 Å². The second-order valence-corrected chi connectivity index (χ2v) is 8.95. The van der Waals surface area contributed by atoms with Gasteiger partial charge in [-0.25, -0.2) is 0 Å². The largest absolute Gasteiger partial charge is 0.507 e. The number of benzene rings is 2. The van der Waals surface area contributed by atoms with Crippen LogP contribution in [0, 0.1) is 0 Å². The summed E-state index contributed by atoms with van der Waals surface area (Å²) in [6, 6.07) is 20.1. The van der Waals surface area contributed by atoms with Crippen LogP contribution in [0.15, 0.2) is 77.7 Å². The fraction of sp³-hybridized carbons (Fsp3) is 0.259. The van der Waals surface area contributed by atoms with Crippen molar-refractivity contribution in [1.29, 1.82) is 0 Å². The van der Waals surface area contributed by atoms with E-state index in [1.165, 1.54) is 11.3 Å². The number of carbonyl (C=O) groups excluding carboxylic acids is 2. The molecule has 5 nitrogen and oxygen atoms in total. The maximum absolute atomic E-state index is 13.1. The molecule has 1 unspecified atom stereocenters. The molecular formula is C27H27NO4S. The van der Waals surface area contributed by atoms with Gasteiger partial charge >= 0.3 is 0 Å². The lowest BCUT2D eigenvalue weighted by molar-refractivity contribution is -0.139. The van der Waals surface area contributed by atoms with Crippen molar-refractivity contribution in [3.63, 3.8) is 0 Å². The van der Waals surface area contributed by atoms with Crippen LogP contribution in [-0.4, -0.2) is 34.8 Å². The standard InChI is InChI=1S/C27H27NO4S/c1-2-3-16-32-21-12-7-11-20(18-21)25(29)23-24(22-13-8-17-33-22)28(27(31)26(23)30)15-14-19-9-5-4-6-10-19/h4-13,17-18,24,29H,2-3,14-16H2,1H3/b25-23+. The second kappa shape index (κ2) is 10.5. The van der Waals surface area contributed by atoms with Gasteiger partial charge in [0.2, 0.25) is 0 Å². The number of aliphatic hydroxyl groups excluding tert-OH is 1. The molecule has 3 aromatic rings. The Hall–Kier alpha value is -3.38. The third kappa shape index (κ3) is 5.01. The summed E-state index contributed by atoms with van der Waals surface area (Å²) in [5.74, 6) is -0.786. The summed E-state index contributed by atoms with van der Waals surface area (Å²) in [6.45, 7) is 3.06. The van der Waals surface area contributed by atoms with E-state index in [0.29, 0.717) is 30.9 Å². The van der Waals surface area contributed by atoms with Gasteiger partial charge in [0.1, 0.15) is 11.5 Å². The molecule has 2 aromatic carbocycles. The smallest absolute Gasteiger partial charge is 0.295 e. The van der Waals surface area contributed by atoms with Crippen molar-refractivity contribution >= 4 is 28.8 Å². The zero-order chi connectivity index (χ0) is 23.2. The van der Waals surface area contributed by atoms with Gasteiger partial charge in [0.05, 0.1) is 18.2 Å². The first-order valence-corrected chi connectivity index (χ1v) is 12.1. The molecule has 0 radical (unpaired) electrons. The highest BCUT2D eigenvalue weighted by Crippen LogP contribution is 2.41. The van der Waals surface area contributed by atoms with Crippen LogP contribution in [0.5, 0.6) is 5.75 Å². The van der Waals surface area contributed by atoms with E-state index in [1.807, 2.05) is 53.9 Å². The van der Waals surface area contributed by atoms with E-state index in [0.717, 1.165) is 23.3 Å².